The molecule has 1 aliphatic heterocycles. The van der Waals surface area contributed by atoms with Crippen molar-refractivity contribution in [2.45, 2.75) is 25.2 Å². The summed E-state index contributed by atoms with van der Waals surface area (Å²) in [4.78, 5) is 26.8. The van der Waals surface area contributed by atoms with Crippen molar-refractivity contribution in [2.24, 2.45) is 0 Å². The third-order valence-electron chi connectivity index (χ3n) is 3.72. The van der Waals surface area contributed by atoms with Crippen molar-refractivity contribution in [3.63, 3.8) is 0 Å². The van der Waals surface area contributed by atoms with E-state index in [-0.39, 0.29) is 49.5 Å². The molecule has 0 spiro atoms. The molecular formula is C16H20F3N3O2. The highest BCUT2D eigenvalue weighted by atomic mass is 19.4. The summed E-state index contributed by atoms with van der Waals surface area (Å²) in [6.45, 7) is 0.292. The number of hydrogen-bond acceptors (Lipinski definition) is 3. The molecule has 1 aromatic carbocycles. The molecule has 0 saturated carbocycles. The van der Waals surface area contributed by atoms with Crippen LogP contribution in [0.4, 0.5) is 13.2 Å². The first-order chi connectivity index (χ1) is 11.2. The van der Waals surface area contributed by atoms with E-state index in [2.05, 4.69) is 5.32 Å². The number of rotatable bonds is 5. The normalized spacial score (nSPS) is 18.3. The number of likely N-dealkylation sites (N-methyl/N-ethyl adjacent to an activating group) is 1. The Morgan fingerprint density at radius 1 is 1.33 bits per heavy atom. The molecule has 0 radical (unpaired) electrons. The lowest BCUT2D eigenvalue weighted by molar-refractivity contribution is -0.139. The molecule has 1 N–H and O–H groups in total. The van der Waals surface area contributed by atoms with Crippen LogP contribution in [-0.2, 0) is 22.3 Å². The zero-order chi connectivity index (χ0) is 17.9. The monoisotopic (exact) mass is 343 g/mol. The molecule has 2 amide bonds. The van der Waals surface area contributed by atoms with Crippen molar-refractivity contribution < 1.29 is 22.8 Å². The van der Waals surface area contributed by atoms with Crippen LogP contribution in [0.15, 0.2) is 24.3 Å². The largest absolute Gasteiger partial charge is 0.416 e. The molecule has 1 fully saturated rings. The maximum Gasteiger partial charge on any atom is 0.416 e. The SMILES string of the molecule is CN(C)CC(=O)NC1CC(=O)N(Cc2ccccc2C(F)(F)F)C1. The van der Waals surface area contributed by atoms with Gasteiger partial charge in [0, 0.05) is 19.5 Å². The van der Waals surface area contributed by atoms with Gasteiger partial charge in [-0.3, -0.25) is 9.59 Å². The van der Waals surface area contributed by atoms with Gasteiger partial charge in [-0.2, -0.15) is 13.2 Å². The van der Waals surface area contributed by atoms with E-state index in [1.165, 1.54) is 23.1 Å². The second kappa shape index (κ2) is 7.21. The molecule has 132 valence electrons. The van der Waals surface area contributed by atoms with Crippen molar-refractivity contribution in [1.29, 1.82) is 0 Å². The Morgan fingerprint density at radius 3 is 2.62 bits per heavy atom. The molecule has 0 aromatic heterocycles. The molecule has 1 aliphatic rings. The Morgan fingerprint density at radius 2 is 2.00 bits per heavy atom. The van der Waals surface area contributed by atoms with E-state index in [1.807, 2.05) is 0 Å². The molecule has 1 aromatic rings. The number of likely N-dealkylation sites (tertiary alicyclic amines) is 1. The molecule has 1 saturated heterocycles. The number of nitrogens with one attached hydrogen (secondary N) is 1. The van der Waals surface area contributed by atoms with Gasteiger partial charge < -0.3 is 15.1 Å². The number of amides is 2. The Balaban J connectivity index is 2.02. The van der Waals surface area contributed by atoms with E-state index in [9.17, 15) is 22.8 Å². The lowest BCUT2D eigenvalue weighted by Gasteiger charge is -2.20. The van der Waals surface area contributed by atoms with Crippen LogP contribution in [0, 0.1) is 0 Å². The van der Waals surface area contributed by atoms with Crippen LogP contribution >= 0.6 is 0 Å². The molecule has 0 aliphatic carbocycles. The highest BCUT2D eigenvalue weighted by Gasteiger charge is 2.35. The molecule has 5 nitrogen and oxygen atoms in total. The zero-order valence-corrected chi connectivity index (χ0v) is 13.6. The molecule has 8 heteroatoms. The Kier molecular flexibility index (Phi) is 5.48. The van der Waals surface area contributed by atoms with Gasteiger partial charge in [0.15, 0.2) is 0 Å². The van der Waals surface area contributed by atoms with E-state index in [1.54, 1.807) is 19.0 Å². The first kappa shape index (κ1) is 18.3. The summed E-state index contributed by atoms with van der Waals surface area (Å²) >= 11 is 0. The first-order valence-corrected chi connectivity index (χ1v) is 7.54. The fourth-order valence-electron chi connectivity index (χ4n) is 2.72. The first-order valence-electron chi connectivity index (χ1n) is 7.54. The van der Waals surface area contributed by atoms with Crippen LogP contribution in [0.2, 0.25) is 0 Å². The summed E-state index contributed by atoms with van der Waals surface area (Å²) in [5, 5.41) is 2.74. The second-order valence-corrected chi connectivity index (χ2v) is 6.14. The minimum absolute atomic E-state index is 0.0543. The van der Waals surface area contributed by atoms with E-state index >= 15 is 0 Å². The van der Waals surface area contributed by atoms with E-state index < -0.39 is 11.7 Å². The minimum atomic E-state index is -4.46. The average molecular weight is 343 g/mol. The molecule has 1 heterocycles. The van der Waals surface area contributed by atoms with Gasteiger partial charge in [0.1, 0.15) is 0 Å². The summed E-state index contributed by atoms with van der Waals surface area (Å²) in [6, 6.07) is 4.84. The van der Waals surface area contributed by atoms with Crippen LogP contribution in [0.25, 0.3) is 0 Å². The van der Waals surface area contributed by atoms with Gasteiger partial charge >= 0.3 is 6.18 Å². The average Bonchev–Trinajstić information content (AvgIpc) is 2.77. The van der Waals surface area contributed by atoms with Crippen molar-refractivity contribution in [3.8, 4) is 0 Å². The molecule has 2 rings (SSSR count). The highest BCUT2D eigenvalue weighted by molar-refractivity contribution is 5.83. The van der Waals surface area contributed by atoms with Crippen molar-refractivity contribution >= 4 is 11.8 Å². The molecule has 24 heavy (non-hydrogen) atoms. The standard InChI is InChI=1S/C16H20F3N3O2/c1-21(2)10-14(23)20-12-7-15(24)22(9-12)8-11-5-3-4-6-13(11)16(17,18)19/h3-6,12H,7-10H2,1-2H3,(H,20,23). The number of carbonyl (C=O) groups excluding carboxylic acids is 2. The van der Waals surface area contributed by atoms with E-state index in [0.29, 0.717) is 0 Å². The van der Waals surface area contributed by atoms with E-state index in [0.717, 1.165) is 6.07 Å². The summed E-state index contributed by atoms with van der Waals surface area (Å²) in [7, 11) is 3.50. The lowest BCUT2D eigenvalue weighted by Crippen LogP contribution is -2.41. The quantitative estimate of drug-likeness (QED) is 0.881. The smallest absolute Gasteiger partial charge is 0.350 e. The maximum absolute atomic E-state index is 13.0. The number of carbonyl (C=O) groups is 2. The number of alkyl halides is 3. The topological polar surface area (TPSA) is 52.7 Å². The summed E-state index contributed by atoms with van der Waals surface area (Å²) < 4.78 is 39.1. The van der Waals surface area contributed by atoms with Crippen LogP contribution in [0.3, 0.4) is 0 Å². The number of benzene rings is 1. The molecule has 1 atom stereocenters. The third-order valence-corrected chi connectivity index (χ3v) is 3.72. The molecular weight excluding hydrogens is 323 g/mol. The summed E-state index contributed by atoms with van der Waals surface area (Å²) in [5.74, 6) is -0.475. The van der Waals surface area contributed by atoms with Gasteiger partial charge in [0.05, 0.1) is 18.2 Å². The maximum atomic E-state index is 13.0. The lowest BCUT2D eigenvalue weighted by atomic mass is 10.1. The van der Waals surface area contributed by atoms with Crippen LogP contribution in [-0.4, -0.2) is 54.8 Å². The van der Waals surface area contributed by atoms with E-state index in [4.69, 9.17) is 0 Å². The van der Waals surface area contributed by atoms with Crippen molar-refractivity contribution in [1.82, 2.24) is 15.1 Å². The summed E-state index contributed by atoms with van der Waals surface area (Å²) in [5.41, 5.74) is -0.684. The van der Waals surface area contributed by atoms with Gasteiger partial charge in [0.2, 0.25) is 11.8 Å². The summed E-state index contributed by atoms with van der Waals surface area (Å²) in [6.07, 6.45) is -4.36. The van der Waals surface area contributed by atoms with Crippen LogP contribution in [0.1, 0.15) is 17.5 Å². The number of hydrogen-bond donors (Lipinski definition) is 1. The minimum Gasteiger partial charge on any atom is -0.350 e. The molecule has 0 bridgehead atoms. The van der Waals surface area contributed by atoms with Crippen molar-refractivity contribution in [3.05, 3.63) is 35.4 Å². The van der Waals surface area contributed by atoms with Crippen LogP contribution < -0.4 is 5.32 Å². The molecule has 1 unspecified atom stereocenters. The Bertz CT molecular complexity index is 617. The Hall–Kier alpha value is -2.09. The van der Waals surface area contributed by atoms with Gasteiger partial charge in [-0.15, -0.1) is 0 Å². The fraction of sp³-hybridized carbons (Fsp3) is 0.500. The van der Waals surface area contributed by atoms with Crippen LogP contribution in [0.5, 0.6) is 0 Å². The highest BCUT2D eigenvalue weighted by Crippen LogP contribution is 2.32. The zero-order valence-electron chi connectivity index (χ0n) is 13.6. The van der Waals surface area contributed by atoms with Gasteiger partial charge in [-0.1, -0.05) is 18.2 Å². The fourth-order valence-corrected chi connectivity index (χ4v) is 2.72. The van der Waals surface area contributed by atoms with Gasteiger partial charge in [-0.05, 0) is 25.7 Å². The number of halogens is 3. The van der Waals surface area contributed by atoms with Gasteiger partial charge in [-0.25, -0.2) is 0 Å². The number of nitrogens with zero attached hydrogens (tertiary/aromatic N) is 2. The predicted octanol–water partition coefficient (Wildman–Crippen LogP) is 1.48. The second-order valence-electron chi connectivity index (χ2n) is 6.14. The van der Waals surface area contributed by atoms with Gasteiger partial charge in [0.25, 0.3) is 0 Å². The van der Waals surface area contributed by atoms with Crippen molar-refractivity contribution in [2.75, 3.05) is 27.2 Å². The third kappa shape index (κ3) is 4.70. The predicted molar refractivity (Wildman–Crippen MR) is 82.0 cm³/mol. The Labute approximate surface area is 138 Å².